The summed E-state index contributed by atoms with van der Waals surface area (Å²) >= 11 is 1.50. The first-order valence-electron chi connectivity index (χ1n) is 9.31. The molecule has 1 aliphatic heterocycles. The Morgan fingerprint density at radius 3 is 2.93 bits per heavy atom. The molecule has 0 unspecified atom stereocenters. The third-order valence-electron chi connectivity index (χ3n) is 4.84. The summed E-state index contributed by atoms with van der Waals surface area (Å²) in [6, 6.07) is 7.21. The van der Waals surface area contributed by atoms with Gasteiger partial charge in [0.1, 0.15) is 17.4 Å². The number of para-hydroxylation sites is 2. The molecule has 27 heavy (non-hydrogen) atoms. The van der Waals surface area contributed by atoms with Gasteiger partial charge in [-0.2, -0.15) is 0 Å². The number of hydrogen-bond acceptors (Lipinski definition) is 5. The predicted molar refractivity (Wildman–Crippen MR) is 105 cm³/mol. The molecule has 0 saturated carbocycles. The highest BCUT2D eigenvalue weighted by molar-refractivity contribution is 7.17. The van der Waals surface area contributed by atoms with Crippen molar-refractivity contribution >= 4 is 34.0 Å². The first-order valence-corrected chi connectivity index (χ1v) is 10.1. The zero-order valence-corrected chi connectivity index (χ0v) is 16.1. The van der Waals surface area contributed by atoms with Gasteiger partial charge in [-0.3, -0.25) is 10.2 Å². The molecule has 6 nitrogen and oxygen atoms in total. The first kappa shape index (κ1) is 17.9. The fourth-order valence-electron chi connectivity index (χ4n) is 3.62. The molecular weight excluding hydrogens is 364 g/mol. The third-order valence-corrected chi connectivity index (χ3v) is 6.05. The number of benzene rings is 1. The molecule has 1 aromatic carbocycles. The summed E-state index contributed by atoms with van der Waals surface area (Å²) < 4.78 is 10.9. The topological polar surface area (TPSA) is 67.9 Å². The molecule has 2 aliphatic rings. The lowest BCUT2D eigenvalue weighted by atomic mass is 9.95. The number of carbonyl (C=O) groups excluding carboxylic acids is 2. The number of aryl methyl sites for hydroxylation is 1. The van der Waals surface area contributed by atoms with Gasteiger partial charge in [0.05, 0.1) is 24.4 Å². The van der Waals surface area contributed by atoms with E-state index in [2.05, 4.69) is 5.32 Å². The van der Waals surface area contributed by atoms with Crippen LogP contribution in [0.5, 0.6) is 5.75 Å². The van der Waals surface area contributed by atoms with E-state index in [-0.39, 0.29) is 12.0 Å². The Balaban J connectivity index is 1.64. The van der Waals surface area contributed by atoms with E-state index in [4.69, 9.17) is 9.47 Å². The minimum absolute atomic E-state index is 0.255. The number of amides is 2. The average Bonchev–Trinajstić information content (AvgIpc) is 3.05. The van der Waals surface area contributed by atoms with E-state index in [1.807, 2.05) is 24.3 Å². The summed E-state index contributed by atoms with van der Waals surface area (Å²) in [4.78, 5) is 28.4. The molecule has 0 bridgehead atoms. The Bertz CT molecular complexity index is 877. The van der Waals surface area contributed by atoms with E-state index < -0.39 is 0 Å². The summed E-state index contributed by atoms with van der Waals surface area (Å²) in [5.74, 6) is 0.338. The van der Waals surface area contributed by atoms with E-state index in [1.54, 1.807) is 11.8 Å². The Morgan fingerprint density at radius 1 is 1.26 bits per heavy atom. The van der Waals surface area contributed by atoms with Gasteiger partial charge < -0.3 is 9.47 Å². The third kappa shape index (κ3) is 3.39. The number of thiophene rings is 1. The van der Waals surface area contributed by atoms with Crippen molar-refractivity contribution in [2.24, 2.45) is 0 Å². The summed E-state index contributed by atoms with van der Waals surface area (Å²) in [7, 11) is 0. The summed E-state index contributed by atoms with van der Waals surface area (Å²) in [5.41, 5.74) is 2.31. The van der Waals surface area contributed by atoms with Crippen molar-refractivity contribution in [3.05, 3.63) is 40.3 Å². The summed E-state index contributed by atoms with van der Waals surface area (Å²) in [5, 5.41) is 3.56. The number of carbonyl (C=O) groups is 2. The second-order valence-electron chi connectivity index (χ2n) is 6.53. The van der Waals surface area contributed by atoms with Crippen molar-refractivity contribution in [3.8, 4) is 5.75 Å². The number of rotatable bonds is 3. The molecule has 1 N–H and O–H groups in total. The molecular formula is C20H22N2O4S. The predicted octanol–water partition coefficient (Wildman–Crippen LogP) is 4.23. The van der Waals surface area contributed by atoms with Crippen LogP contribution in [0.15, 0.2) is 24.3 Å². The molecule has 142 valence electrons. The van der Waals surface area contributed by atoms with Crippen LogP contribution in [0.25, 0.3) is 0 Å². The number of ether oxygens (including phenoxy) is 2. The van der Waals surface area contributed by atoms with Crippen LogP contribution in [0, 0.1) is 0 Å². The highest BCUT2D eigenvalue weighted by Gasteiger charge is 2.29. The van der Waals surface area contributed by atoms with Crippen LogP contribution in [-0.2, 0) is 17.6 Å². The monoisotopic (exact) mass is 386 g/mol. The Kier molecular flexibility index (Phi) is 5.03. The van der Waals surface area contributed by atoms with Gasteiger partial charge in [0.2, 0.25) is 0 Å². The molecule has 2 aromatic rings. The summed E-state index contributed by atoms with van der Waals surface area (Å²) in [6.07, 6.45) is 3.97. The van der Waals surface area contributed by atoms with Crippen molar-refractivity contribution in [1.82, 2.24) is 0 Å². The molecule has 0 radical (unpaired) electrons. The van der Waals surface area contributed by atoms with Gasteiger partial charge >= 0.3 is 12.0 Å². The number of esters is 1. The lowest BCUT2D eigenvalue weighted by molar-refractivity contribution is 0.0526. The average molecular weight is 386 g/mol. The minimum atomic E-state index is -0.352. The van der Waals surface area contributed by atoms with E-state index in [0.29, 0.717) is 36.1 Å². The zero-order valence-electron chi connectivity index (χ0n) is 15.2. The quantitative estimate of drug-likeness (QED) is 0.802. The number of fused-ring (bicyclic) bond motifs is 2. The van der Waals surface area contributed by atoms with Gasteiger partial charge in [0.25, 0.3) is 0 Å². The highest BCUT2D eigenvalue weighted by Crippen LogP contribution is 2.39. The van der Waals surface area contributed by atoms with E-state index in [1.165, 1.54) is 16.2 Å². The molecule has 7 heteroatoms. The van der Waals surface area contributed by atoms with Crippen molar-refractivity contribution in [3.63, 3.8) is 0 Å². The number of anilines is 2. The SMILES string of the molecule is CCOC(=O)c1c(NC(=O)N2CCOc3ccccc32)sc2c1CCCC2. The Morgan fingerprint density at radius 2 is 2.07 bits per heavy atom. The largest absolute Gasteiger partial charge is 0.490 e. The molecule has 1 aliphatic carbocycles. The van der Waals surface area contributed by atoms with Crippen LogP contribution in [0.2, 0.25) is 0 Å². The van der Waals surface area contributed by atoms with Gasteiger partial charge in [0.15, 0.2) is 0 Å². The van der Waals surface area contributed by atoms with Crippen molar-refractivity contribution in [2.45, 2.75) is 32.6 Å². The molecule has 0 spiro atoms. The molecule has 0 saturated heterocycles. The fourth-order valence-corrected chi connectivity index (χ4v) is 4.89. The van der Waals surface area contributed by atoms with Crippen molar-refractivity contribution < 1.29 is 19.1 Å². The van der Waals surface area contributed by atoms with Gasteiger partial charge in [-0.25, -0.2) is 9.59 Å². The van der Waals surface area contributed by atoms with E-state index in [0.717, 1.165) is 36.9 Å². The smallest absolute Gasteiger partial charge is 0.341 e. The molecule has 0 fully saturated rings. The molecule has 0 atom stereocenters. The van der Waals surface area contributed by atoms with Crippen LogP contribution in [0.4, 0.5) is 15.5 Å². The Hall–Kier alpha value is -2.54. The lowest BCUT2D eigenvalue weighted by Crippen LogP contribution is -2.40. The Labute approximate surface area is 162 Å². The van der Waals surface area contributed by atoms with Crippen LogP contribution < -0.4 is 15.0 Å². The van der Waals surface area contributed by atoms with E-state index in [9.17, 15) is 9.59 Å². The van der Waals surface area contributed by atoms with Gasteiger partial charge in [-0.15, -0.1) is 11.3 Å². The van der Waals surface area contributed by atoms with Gasteiger partial charge in [0, 0.05) is 4.88 Å². The highest BCUT2D eigenvalue weighted by atomic mass is 32.1. The standard InChI is InChI=1S/C20H22N2O4S/c1-2-25-19(23)17-13-7-3-6-10-16(13)27-18(17)21-20(24)22-11-12-26-15-9-5-4-8-14(15)22/h4-5,8-9H,2-3,6-7,10-12H2,1H3,(H,21,24). The fraction of sp³-hybridized carbons (Fsp3) is 0.400. The maximum atomic E-state index is 13.0. The number of nitrogens with zero attached hydrogens (tertiary/aromatic N) is 1. The zero-order chi connectivity index (χ0) is 18.8. The van der Waals surface area contributed by atoms with Crippen LogP contribution in [-0.4, -0.2) is 31.8 Å². The number of hydrogen-bond donors (Lipinski definition) is 1. The maximum absolute atomic E-state index is 13.0. The second-order valence-corrected chi connectivity index (χ2v) is 7.64. The normalized spacial score (nSPS) is 15.4. The second kappa shape index (κ2) is 7.60. The van der Waals surface area contributed by atoms with Crippen LogP contribution in [0.3, 0.4) is 0 Å². The van der Waals surface area contributed by atoms with Gasteiger partial charge in [-0.05, 0) is 50.3 Å². The van der Waals surface area contributed by atoms with Gasteiger partial charge in [-0.1, -0.05) is 12.1 Å². The number of urea groups is 1. The molecule has 2 heterocycles. The van der Waals surface area contributed by atoms with Crippen LogP contribution in [0.1, 0.15) is 40.6 Å². The lowest BCUT2D eigenvalue weighted by Gasteiger charge is -2.29. The molecule has 4 rings (SSSR count). The van der Waals surface area contributed by atoms with Crippen LogP contribution >= 0.6 is 11.3 Å². The van der Waals surface area contributed by atoms with Crippen molar-refractivity contribution in [2.75, 3.05) is 30.0 Å². The minimum Gasteiger partial charge on any atom is -0.490 e. The van der Waals surface area contributed by atoms with Crippen molar-refractivity contribution in [1.29, 1.82) is 0 Å². The number of nitrogens with one attached hydrogen (secondary N) is 1. The first-order chi connectivity index (χ1) is 13.2. The molecule has 2 amide bonds. The summed E-state index contributed by atoms with van der Waals surface area (Å²) in [6.45, 7) is 3.01. The van der Waals surface area contributed by atoms with E-state index >= 15 is 0 Å². The molecule has 1 aromatic heterocycles. The maximum Gasteiger partial charge on any atom is 0.341 e.